The number of pyridine rings is 1. The Bertz CT molecular complexity index is 768. The fourth-order valence-electron chi connectivity index (χ4n) is 2.89. The van der Waals surface area contributed by atoms with Gasteiger partial charge in [0.05, 0.1) is 5.56 Å². The van der Waals surface area contributed by atoms with E-state index in [1.165, 1.54) is 23.9 Å². The number of carboxylic acid groups (broad SMARTS) is 1. The van der Waals surface area contributed by atoms with Crippen LogP contribution in [0.25, 0.3) is 0 Å². The van der Waals surface area contributed by atoms with E-state index in [1.54, 1.807) is 4.90 Å². The zero-order chi connectivity index (χ0) is 17.1. The maximum Gasteiger partial charge on any atom is 0.338 e. The zero-order valence-electron chi connectivity index (χ0n) is 13.5. The van der Waals surface area contributed by atoms with Crippen LogP contribution in [-0.4, -0.2) is 53.0 Å². The van der Waals surface area contributed by atoms with Crippen LogP contribution in [0.3, 0.4) is 0 Å². The molecule has 1 aliphatic rings. The molecule has 0 bridgehead atoms. The van der Waals surface area contributed by atoms with Crippen molar-refractivity contribution in [3.8, 4) is 0 Å². The molecule has 0 atom stereocenters. The number of amides is 1. The van der Waals surface area contributed by atoms with E-state index in [2.05, 4.69) is 35.0 Å². The summed E-state index contributed by atoms with van der Waals surface area (Å²) in [5, 5.41) is 9.21. The lowest BCUT2D eigenvalue weighted by molar-refractivity contribution is 0.0669. The Hall–Kier alpha value is -2.89. The number of carboxylic acids is 1. The minimum Gasteiger partial charge on any atom is -0.478 e. The molecule has 1 amide bonds. The third-order valence-corrected chi connectivity index (χ3v) is 4.17. The molecule has 0 aliphatic carbocycles. The smallest absolute Gasteiger partial charge is 0.338 e. The third-order valence-electron chi connectivity index (χ3n) is 4.17. The number of nitrogens with zero attached hydrogens (tertiary/aromatic N) is 3. The van der Waals surface area contributed by atoms with Crippen molar-refractivity contribution in [2.45, 2.75) is 6.92 Å². The molecule has 1 fully saturated rings. The number of aryl methyl sites for hydroxylation is 1. The molecule has 0 spiro atoms. The van der Waals surface area contributed by atoms with Crippen molar-refractivity contribution in [3.05, 3.63) is 59.4 Å². The zero-order valence-corrected chi connectivity index (χ0v) is 13.5. The molecule has 1 aromatic heterocycles. The van der Waals surface area contributed by atoms with Gasteiger partial charge in [-0.25, -0.2) is 4.79 Å². The molecule has 0 radical (unpaired) electrons. The van der Waals surface area contributed by atoms with Crippen LogP contribution in [0, 0.1) is 6.92 Å². The van der Waals surface area contributed by atoms with Crippen molar-refractivity contribution < 1.29 is 14.7 Å². The highest BCUT2D eigenvalue weighted by Crippen LogP contribution is 2.19. The van der Waals surface area contributed by atoms with Crippen LogP contribution in [0.5, 0.6) is 0 Å². The molecule has 1 N–H and O–H groups in total. The predicted molar refractivity (Wildman–Crippen MR) is 90.5 cm³/mol. The van der Waals surface area contributed by atoms with Crippen LogP contribution >= 0.6 is 0 Å². The maximum absolute atomic E-state index is 12.6. The Morgan fingerprint density at radius 2 is 1.83 bits per heavy atom. The SMILES string of the molecule is Cc1cccc(N2CCN(C(=O)c3ncccc3C(=O)O)CC2)c1. The minimum absolute atomic E-state index is 0.00834. The Labute approximate surface area is 140 Å². The van der Waals surface area contributed by atoms with Crippen molar-refractivity contribution in [2.75, 3.05) is 31.1 Å². The van der Waals surface area contributed by atoms with Gasteiger partial charge >= 0.3 is 5.97 Å². The number of benzene rings is 1. The number of piperazine rings is 1. The molecule has 1 aliphatic heterocycles. The molecular formula is C18H19N3O3. The highest BCUT2D eigenvalue weighted by atomic mass is 16.4. The Balaban J connectivity index is 1.71. The molecule has 124 valence electrons. The lowest BCUT2D eigenvalue weighted by Crippen LogP contribution is -2.49. The number of aromatic nitrogens is 1. The number of hydrogen-bond acceptors (Lipinski definition) is 4. The predicted octanol–water partition coefficient (Wildman–Crippen LogP) is 2.05. The second-order valence-electron chi connectivity index (χ2n) is 5.82. The Kier molecular flexibility index (Phi) is 4.46. The van der Waals surface area contributed by atoms with E-state index in [0.717, 1.165) is 5.69 Å². The van der Waals surface area contributed by atoms with Gasteiger partial charge in [0.15, 0.2) is 0 Å². The quantitative estimate of drug-likeness (QED) is 0.935. The van der Waals surface area contributed by atoms with Crippen LogP contribution in [0.1, 0.15) is 26.4 Å². The number of aromatic carboxylic acids is 1. The van der Waals surface area contributed by atoms with Crippen molar-refractivity contribution >= 4 is 17.6 Å². The van der Waals surface area contributed by atoms with E-state index in [1.807, 2.05) is 6.07 Å². The molecule has 1 saturated heterocycles. The second kappa shape index (κ2) is 6.70. The van der Waals surface area contributed by atoms with Gasteiger partial charge in [-0.1, -0.05) is 12.1 Å². The molecule has 6 nitrogen and oxygen atoms in total. The standard InChI is InChI=1S/C18H19N3O3/c1-13-4-2-5-14(12-13)20-8-10-21(11-9-20)17(22)16-15(18(23)24)6-3-7-19-16/h2-7,12H,8-11H2,1H3,(H,23,24). The Morgan fingerprint density at radius 1 is 1.08 bits per heavy atom. The summed E-state index contributed by atoms with van der Waals surface area (Å²) < 4.78 is 0. The van der Waals surface area contributed by atoms with Crippen molar-refractivity contribution in [3.63, 3.8) is 0 Å². The van der Waals surface area contributed by atoms with Gasteiger partial charge in [0, 0.05) is 38.1 Å². The van der Waals surface area contributed by atoms with Crippen LogP contribution in [0.4, 0.5) is 5.69 Å². The van der Waals surface area contributed by atoms with E-state index in [0.29, 0.717) is 26.2 Å². The molecule has 2 aromatic rings. The van der Waals surface area contributed by atoms with Crippen LogP contribution < -0.4 is 4.90 Å². The summed E-state index contributed by atoms with van der Waals surface area (Å²) in [7, 11) is 0. The topological polar surface area (TPSA) is 73.7 Å². The molecule has 24 heavy (non-hydrogen) atoms. The first-order valence-electron chi connectivity index (χ1n) is 7.85. The van der Waals surface area contributed by atoms with Gasteiger partial charge in [-0.15, -0.1) is 0 Å². The van der Waals surface area contributed by atoms with Crippen molar-refractivity contribution in [1.29, 1.82) is 0 Å². The van der Waals surface area contributed by atoms with Crippen LogP contribution in [-0.2, 0) is 0 Å². The highest BCUT2D eigenvalue weighted by molar-refractivity contribution is 6.03. The average molecular weight is 325 g/mol. The van der Waals surface area contributed by atoms with Gasteiger partial charge in [0.2, 0.25) is 0 Å². The normalized spacial score (nSPS) is 14.5. The monoisotopic (exact) mass is 325 g/mol. The first-order valence-corrected chi connectivity index (χ1v) is 7.85. The highest BCUT2D eigenvalue weighted by Gasteiger charge is 2.26. The van der Waals surface area contributed by atoms with Crippen molar-refractivity contribution in [1.82, 2.24) is 9.88 Å². The fourth-order valence-corrected chi connectivity index (χ4v) is 2.89. The first kappa shape index (κ1) is 16.0. The molecule has 0 unspecified atom stereocenters. The van der Waals surface area contributed by atoms with Gasteiger partial charge < -0.3 is 14.9 Å². The van der Waals surface area contributed by atoms with Gasteiger partial charge in [-0.05, 0) is 36.8 Å². The minimum atomic E-state index is -1.13. The summed E-state index contributed by atoms with van der Waals surface area (Å²) >= 11 is 0. The first-order chi connectivity index (χ1) is 11.6. The summed E-state index contributed by atoms with van der Waals surface area (Å²) in [5.74, 6) is -1.46. The molecule has 0 saturated carbocycles. The van der Waals surface area contributed by atoms with E-state index in [-0.39, 0.29) is 17.2 Å². The number of hydrogen-bond donors (Lipinski definition) is 1. The summed E-state index contributed by atoms with van der Waals surface area (Å²) in [6.07, 6.45) is 1.45. The molecule has 3 rings (SSSR count). The van der Waals surface area contributed by atoms with Gasteiger partial charge in [0.1, 0.15) is 5.69 Å². The van der Waals surface area contributed by atoms with Crippen LogP contribution in [0.15, 0.2) is 42.6 Å². The third kappa shape index (κ3) is 3.22. The summed E-state index contributed by atoms with van der Waals surface area (Å²) in [5.41, 5.74) is 2.30. The number of carbonyl (C=O) groups excluding carboxylic acids is 1. The van der Waals surface area contributed by atoms with Gasteiger partial charge in [-0.3, -0.25) is 9.78 Å². The molecule has 6 heteroatoms. The summed E-state index contributed by atoms with van der Waals surface area (Å²) in [6, 6.07) is 11.2. The molecular weight excluding hydrogens is 306 g/mol. The summed E-state index contributed by atoms with van der Waals surface area (Å²) in [6.45, 7) is 4.57. The maximum atomic E-state index is 12.6. The van der Waals surface area contributed by atoms with Gasteiger partial charge in [-0.2, -0.15) is 0 Å². The van der Waals surface area contributed by atoms with Gasteiger partial charge in [0.25, 0.3) is 5.91 Å². The average Bonchev–Trinajstić information content (AvgIpc) is 2.61. The Morgan fingerprint density at radius 3 is 2.50 bits per heavy atom. The van der Waals surface area contributed by atoms with E-state index < -0.39 is 5.97 Å². The largest absolute Gasteiger partial charge is 0.478 e. The number of anilines is 1. The number of carbonyl (C=O) groups is 2. The molecule has 1 aromatic carbocycles. The summed E-state index contributed by atoms with van der Waals surface area (Å²) in [4.78, 5) is 31.7. The lowest BCUT2D eigenvalue weighted by Gasteiger charge is -2.36. The van der Waals surface area contributed by atoms with E-state index >= 15 is 0 Å². The molecule has 2 heterocycles. The fraction of sp³-hybridized carbons (Fsp3) is 0.278. The second-order valence-corrected chi connectivity index (χ2v) is 5.82. The lowest BCUT2D eigenvalue weighted by atomic mass is 10.1. The van der Waals surface area contributed by atoms with Crippen molar-refractivity contribution in [2.24, 2.45) is 0 Å². The van der Waals surface area contributed by atoms with E-state index in [9.17, 15) is 14.7 Å². The van der Waals surface area contributed by atoms with Crippen LogP contribution in [0.2, 0.25) is 0 Å². The van der Waals surface area contributed by atoms with E-state index in [4.69, 9.17) is 0 Å². The number of rotatable bonds is 3.